The Bertz CT molecular complexity index is 479. The van der Waals surface area contributed by atoms with Crippen molar-refractivity contribution in [1.29, 1.82) is 0 Å². The average Bonchev–Trinajstić information content (AvgIpc) is 2.53. The van der Waals surface area contributed by atoms with E-state index in [0.29, 0.717) is 30.5 Å². The van der Waals surface area contributed by atoms with Gasteiger partial charge in [-0.25, -0.2) is 0 Å². The number of halogens is 2. The number of piperidine rings is 1. The zero-order chi connectivity index (χ0) is 15.8. The van der Waals surface area contributed by atoms with Crippen molar-refractivity contribution in [2.45, 2.75) is 25.7 Å². The van der Waals surface area contributed by atoms with Crippen molar-refractivity contribution in [2.75, 3.05) is 33.3 Å². The van der Waals surface area contributed by atoms with Crippen molar-refractivity contribution in [3.8, 4) is 5.75 Å². The maximum absolute atomic E-state index is 12.1. The first-order valence-corrected chi connectivity index (χ1v) is 8.36. The lowest BCUT2D eigenvalue weighted by molar-refractivity contribution is -0.130. The molecule has 2 rings (SSSR count). The van der Waals surface area contributed by atoms with Gasteiger partial charge in [-0.05, 0) is 56.5 Å². The summed E-state index contributed by atoms with van der Waals surface area (Å²) < 4.78 is 5.62. The zero-order valence-electron chi connectivity index (χ0n) is 13.6. The molecule has 0 atom stereocenters. The fraction of sp³-hybridized carbons (Fsp3) is 0.588. The summed E-state index contributed by atoms with van der Waals surface area (Å²) in [5.74, 6) is 1.64. The van der Waals surface area contributed by atoms with Crippen LogP contribution in [0.1, 0.15) is 25.7 Å². The Morgan fingerprint density at radius 3 is 2.83 bits per heavy atom. The largest absolute Gasteiger partial charge is 0.492 e. The van der Waals surface area contributed by atoms with Crippen LogP contribution in [-0.4, -0.2) is 44.1 Å². The first-order valence-electron chi connectivity index (χ1n) is 7.98. The molecule has 23 heavy (non-hydrogen) atoms. The van der Waals surface area contributed by atoms with E-state index in [2.05, 4.69) is 5.32 Å². The second-order valence-electron chi connectivity index (χ2n) is 5.85. The number of benzene rings is 1. The highest BCUT2D eigenvalue weighted by Gasteiger charge is 2.16. The molecule has 4 nitrogen and oxygen atoms in total. The van der Waals surface area contributed by atoms with Crippen LogP contribution < -0.4 is 10.1 Å². The number of hydrogen-bond acceptors (Lipinski definition) is 3. The van der Waals surface area contributed by atoms with Crippen molar-refractivity contribution in [3.05, 3.63) is 29.3 Å². The third-order valence-corrected chi connectivity index (χ3v) is 4.38. The molecule has 1 fully saturated rings. The third-order valence-electron chi connectivity index (χ3n) is 4.14. The van der Waals surface area contributed by atoms with Crippen LogP contribution in [0.2, 0.25) is 5.02 Å². The van der Waals surface area contributed by atoms with Gasteiger partial charge in [0, 0.05) is 18.5 Å². The number of likely N-dealkylation sites (N-methyl/N-ethyl adjacent to an activating group) is 1. The molecule has 0 saturated carbocycles. The molecular weight excluding hydrogens is 335 g/mol. The lowest BCUT2D eigenvalue weighted by Gasteiger charge is -2.23. The Labute approximate surface area is 149 Å². The maximum Gasteiger partial charge on any atom is 0.222 e. The molecule has 0 aromatic heterocycles. The minimum Gasteiger partial charge on any atom is -0.492 e. The highest BCUT2D eigenvalue weighted by Crippen LogP contribution is 2.18. The molecule has 1 heterocycles. The van der Waals surface area contributed by atoms with Crippen molar-refractivity contribution in [1.82, 2.24) is 10.2 Å². The topological polar surface area (TPSA) is 41.6 Å². The number of carbonyl (C=O) groups excluding carboxylic acids is 1. The van der Waals surface area contributed by atoms with Gasteiger partial charge < -0.3 is 15.0 Å². The van der Waals surface area contributed by atoms with Gasteiger partial charge in [0.2, 0.25) is 5.91 Å². The van der Waals surface area contributed by atoms with Gasteiger partial charge in [0.05, 0.1) is 6.54 Å². The summed E-state index contributed by atoms with van der Waals surface area (Å²) in [5, 5.41) is 4.01. The number of nitrogens with zero attached hydrogens (tertiary/aromatic N) is 1. The quantitative estimate of drug-likeness (QED) is 0.810. The SMILES string of the molecule is CN(CCOc1cccc(Cl)c1)C(=O)CCC1CCNCC1.Cl. The first-order chi connectivity index (χ1) is 10.6. The highest BCUT2D eigenvalue weighted by atomic mass is 35.5. The van der Waals surface area contributed by atoms with Gasteiger partial charge in [0.1, 0.15) is 12.4 Å². The summed E-state index contributed by atoms with van der Waals surface area (Å²) in [5.41, 5.74) is 0. The van der Waals surface area contributed by atoms with Gasteiger partial charge in [-0.2, -0.15) is 0 Å². The van der Waals surface area contributed by atoms with Crippen LogP contribution >= 0.6 is 24.0 Å². The van der Waals surface area contributed by atoms with E-state index in [-0.39, 0.29) is 18.3 Å². The molecule has 1 aliphatic rings. The molecule has 1 aromatic rings. The van der Waals surface area contributed by atoms with Gasteiger partial charge in [0.15, 0.2) is 0 Å². The minimum absolute atomic E-state index is 0. The van der Waals surface area contributed by atoms with E-state index < -0.39 is 0 Å². The van der Waals surface area contributed by atoms with Crippen LogP contribution in [0.3, 0.4) is 0 Å². The molecule has 6 heteroatoms. The van der Waals surface area contributed by atoms with Crippen molar-refractivity contribution in [2.24, 2.45) is 5.92 Å². The number of amides is 1. The minimum atomic E-state index is 0. The average molecular weight is 361 g/mol. The van der Waals surface area contributed by atoms with E-state index in [1.807, 2.05) is 25.2 Å². The van der Waals surface area contributed by atoms with Gasteiger partial charge in [-0.3, -0.25) is 4.79 Å². The van der Waals surface area contributed by atoms with Crippen LogP contribution in [0.15, 0.2) is 24.3 Å². The van der Waals surface area contributed by atoms with Crippen LogP contribution in [0.4, 0.5) is 0 Å². The number of nitrogens with one attached hydrogen (secondary N) is 1. The molecule has 0 aliphatic carbocycles. The lowest BCUT2D eigenvalue weighted by Crippen LogP contribution is -2.32. The van der Waals surface area contributed by atoms with Gasteiger partial charge in [-0.1, -0.05) is 17.7 Å². The molecule has 1 aliphatic heterocycles. The monoisotopic (exact) mass is 360 g/mol. The molecule has 0 radical (unpaired) electrons. The van der Waals surface area contributed by atoms with Crippen molar-refractivity contribution >= 4 is 29.9 Å². The standard InChI is InChI=1S/C17H25ClN2O2.ClH/c1-20(11-12-22-16-4-2-3-15(18)13-16)17(21)6-5-14-7-9-19-10-8-14;/h2-4,13-14,19H,5-12H2,1H3;1H. The zero-order valence-corrected chi connectivity index (χ0v) is 15.2. The van der Waals surface area contributed by atoms with E-state index >= 15 is 0 Å². The predicted octanol–water partition coefficient (Wildman–Crippen LogP) is 3.38. The summed E-state index contributed by atoms with van der Waals surface area (Å²) in [7, 11) is 1.84. The molecule has 0 bridgehead atoms. The molecule has 1 amide bonds. The van der Waals surface area contributed by atoms with E-state index in [1.165, 1.54) is 12.8 Å². The second kappa shape index (κ2) is 10.7. The van der Waals surface area contributed by atoms with Gasteiger partial charge in [-0.15, -0.1) is 12.4 Å². The number of rotatable bonds is 7. The lowest BCUT2D eigenvalue weighted by atomic mass is 9.93. The van der Waals surface area contributed by atoms with Crippen molar-refractivity contribution in [3.63, 3.8) is 0 Å². The normalized spacial score (nSPS) is 14.9. The first kappa shape index (κ1) is 20.1. The summed E-state index contributed by atoms with van der Waals surface area (Å²) >= 11 is 5.90. The molecular formula is C17H26Cl2N2O2. The number of ether oxygens (including phenoxy) is 1. The molecule has 0 unspecified atom stereocenters. The predicted molar refractivity (Wildman–Crippen MR) is 96.7 cm³/mol. The molecule has 1 N–H and O–H groups in total. The second-order valence-corrected chi connectivity index (χ2v) is 6.29. The maximum atomic E-state index is 12.1. The fourth-order valence-electron chi connectivity index (χ4n) is 2.67. The summed E-state index contributed by atoms with van der Waals surface area (Å²) in [6.45, 7) is 3.25. The van der Waals surface area contributed by atoms with E-state index in [0.717, 1.165) is 25.3 Å². The smallest absolute Gasteiger partial charge is 0.222 e. The number of hydrogen-bond donors (Lipinski definition) is 1. The Balaban J connectivity index is 0.00000264. The van der Waals surface area contributed by atoms with Crippen LogP contribution in [0, 0.1) is 5.92 Å². The summed E-state index contributed by atoms with van der Waals surface area (Å²) in [6.07, 6.45) is 4.02. The summed E-state index contributed by atoms with van der Waals surface area (Å²) in [6, 6.07) is 7.31. The molecule has 0 spiro atoms. The fourth-order valence-corrected chi connectivity index (χ4v) is 2.85. The third kappa shape index (κ3) is 7.42. The summed E-state index contributed by atoms with van der Waals surface area (Å²) in [4.78, 5) is 13.9. The van der Waals surface area contributed by atoms with Crippen molar-refractivity contribution < 1.29 is 9.53 Å². The Hall–Kier alpha value is -0.970. The van der Waals surface area contributed by atoms with Crippen LogP contribution in [-0.2, 0) is 4.79 Å². The highest BCUT2D eigenvalue weighted by molar-refractivity contribution is 6.30. The Morgan fingerprint density at radius 1 is 1.39 bits per heavy atom. The Morgan fingerprint density at radius 2 is 2.13 bits per heavy atom. The van der Waals surface area contributed by atoms with Crippen LogP contribution in [0.25, 0.3) is 0 Å². The number of carbonyl (C=O) groups is 1. The molecule has 130 valence electrons. The molecule has 1 aromatic carbocycles. The van der Waals surface area contributed by atoms with Gasteiger partial charge in [0.25, 0.3) is 0 Å². The van der Waals surface area contributed by atoms with E-state index in [1.54, 1.807) is 11.0 Å². The van der Waals surface area contributed by atoms with Crippen LogP contribution in [0.5, 0.6) is 5.75 Å². The van der Waals surface area contributed by atoms with E-state index in [4.69, 9.17) is 16.3 Å². The van der Waals surface area contributed by atoms with Gasteiger partial charge >= 0.3 is 0 Å². The molecule has 1 saturated heterocycles. The van der Waals surface area contributed by atoms with E-state index in [9.17, 15) is 4.79 Å². The Kier molecular flexibility index (Phi) is 9.37.